The molecule has 0 atom stereocenters. The summed E-state index contributed by atoms with van der Waals surface area (Å²) in [6, 6.07) is 0. The summed E-state index contributed by atoms with van der Waals surface area (Å²) in [7, 11) is 3.91. The molecule has 0 saturated carbocycles. The first-order valence-electron chi connectivity index (χ1n) is 8.27. The van der Waals surface area contributed by atoms with Gasteiger partial charge in [0.2, 0.25) is 0 Å². The summed E-state index contributed by atoms with van der Waals surface area (Å²) in [5, 5.41) is 8.19. The second-order valence-electron chi connectivity index (χ2n) is 5.78. The van der Waals surface area contributed by atoms with Gasteiger partial charge in [-0.25, -0.2) is 14.4 Å². The Balaban J connectivity index is 0. The maximum Gasteiger partial charge on any atom is 0.341 e. The summed E-state index contributed by atoms with van der Waals surface area (Å²) in [5.74, 6) is -1.77. The van der Waals surface area contributed by atoms with Gasteiger partial charge in [-0.3, -0.25) is 0 Å². The van der Waals surface area contributed by atoms with Crippen LogP contribution in [-0.4, -0.2) is 61.8 Å². The lowest BCUT2D eigenvalue weighted by atomic mass is 10.1. The largest absolute Gasteiger partial charge is 0.460 e. The number of carbonyl (C=O) groups excluding carboxylic acids is 3. The first-order valence-corrected chi connectivity index (χ1v) is 8.27. The predicted octanol–water partition coefficient (Wildman–Crippen LogP) is 2.02. The molecule has 26 heavy (non-hydrogen) atoms. The Morgan fingerprint density at radius 1 is 1.00 bits per heavy atom. The molecule has 0 aromatic carbocycles. The van der Waals surface area contributed by atoms with Crippen molar-refractivity contribution in [1.82, 2.24) is 4.90 Å². The fourth-order valence-electron chi connectivity index (χ4n) is 1.35. The molecule has 148 valence electrons. The number of nitrogens with zero attached hydrogens (tertiary/aromatic N) is 1. The summed E-state index contributed by atoms with van der Waals surface area (Å²) in [6.07, 6.45) is 1.81. The molecule has 0 rings (SSSR count). The number of hydrogen-bond acceptors (Lipinski definition) is 7. The van der Waals surface area contributed by atoms with Crippen molar-refractivity contribution in [1.29, 1.82) is 0 Å². The average molecular weight is 369 g/mol. The Kier molecular flexibility index (Phi) is 15.0. The van der Waals surface area contributed by atoms with Gasteiger partial charge >= 0.3 is 17.9 Å². The van der Waals surface area contributed by atoms with E-state index in [4.69, 9.17) is 5.11 Å². The number of aliphatic hydroxyl groups excluding tert-OH is 1. The van der Waals surface area contributed by atoms with E-state index in [0.29, 0.717) is 29.6 Å². The van der Waals surface area contributed by atoms with Crippen LogP contribution in [0.4, 0.5) is 0 Å². The Morgan fingerprint density at radius 2 is 1.54 bits per heavy atom. The predicted molar refractivity (Wildman–Crippen MR) is 100 cm³/mol. The van der Waals surface area contributed by atoms with Crippen LogP contribution in [0.2, 0.25) is 0 Å². The summed E-state index contributed by atoms with van der Waals surface area (Å²) in [4.78, 5) is 35.2. The fraction of sp³-hybridized carbons (Fsp3) is 0.526. The van der Waals surface area contributed by atoms with E-state index in [1.165, 1.54) is 0 Å². The third-order valence-corrected chi connectivity index (χ3v) is 2.95. The highest BCUT2D eigenvalue weighted by Gasteiger charge is 2.15. The summed E-state index contributed by atoms with van der Waals surface area (Å²) in [6.45, 7) is 14.6. The maximum absolute atomic E-state index is 11.5. The number of hydrogen-bond donors (Lipinski definition) is 1. The van der Waals surface area contributed by atoms with Gasteiger partial charge in [0.1, 0.15) is 6.61 Å². The lowest BCUT2D eigenvalue weighted by molar-refractivity contribution is -0.154. The Hall–Kier alpha value is -2.25. The summed E-state index contributed by atoms with van der Waals surface area (Å²) >= 11 is 0. The molecular formula is C19H31NO6. The van der Waals surface area contributed by atoms with Crippen molar-refractivity contribution in [2.45, 2.75) is 33.1 Å². The van der Waals surface area contributed by atoms with E-state index >= 15 is 0 Å². The van der Waals surface area contributed by atoms with E-state index in [1.807, 2.05) is 19.0 Å². The first-order chi connectivity index (χ1) is 12.1. The van der Waals surface area contributed by atoms with Gasteiger partial charge in [-0.05, 0) is 46.8 Å². The molecule has 0 bridgehead atoms. The average Bonchev–Trinajstić information content (AvgIpc) is 2.58. The van der Waals surface area contributed by atoms with Crippen molar-refractivity contribution < 1.29 is 29.0 Å². The number of esters is 3. The lowest BCUT2D eigenvalue weighted by Gasteiger charge is -2.09. The van der Waals surface area contributed by atoms with Crippen LogP contribution in [0.15, 0.2) is 36.5 Å². The molecule has 0 fully saturated rings. The van der Waals surface area contributed by atoms with E-state index < -0.39 is 17.9 Å². The van der Waals surface area contributed by atoms with Crippen molar-refractivity contribution in [3.8, 4) is 0 Å². The Bertz CT molecular complexity index is 522. The monoisotopic (exact) mass is 369 g/mol. The first kappa shape index (κ1) is 26.0. The van der Waals surface area contributed by atoms with E-state index in [0.717, 1.165) is 13.0 Å². The molecule has 0 heterocycles. The summed E-state index contributed by atoms with van der Waals surface area (Å²) in [5.41, 5.74) is 0.965. The molecule has 0 aliphatic carbocycles. The van der Waals surface area contributed by atoms with Crippen LogP contribution in [0.5, 0.6) is 0 Å². The Morgan fingerprint density at radius 3 is 1.96 bits per heavy atom. The van der Waals surface area contributed by atoms with Crippen LogP contribution in [0, 0.1) is 0 Å². The molecule has 0 aromatic rings. The molecule has 0 saturated heterocycles. The van der Waals surface area contributed by atoms with Gasteiger partial charge < -0.3 is 19.5 Å². The van der Waals surface area contributed by atoms with Crippen LogP contribution in [0.25, 0.3) is 0 Å². The van der Waals surface area contributed by atoms with Gasteiger partial charge in [-0.2, -0.15) is 0 Å². The molecule has 0 spiro atoms. The highest BCUT2D eigenvalue weighted by Crippen LogP contribution is 2.08. The smallest absolute Gasteiger partial charge is 0.341 e. The molecule has 0 aliphatic heterocycles. The highest BCUT2D eigenvalue weighted by atomic mass is 16.6. The zero-order valence-electron chi connectivity index (χ0n) is 16.3. The number of rotatable bonds is 10. The maximum atomic E-state index is 11.5. The molecule has 7 heteroatoms. The normalized spacial score (nSPS) is 9.62. The molecule has 0 amide bonds. The molecule has 1 N–H and O–H groups in total. The van der Waals surface area contributed by atoms with Crippen LogP contribution >= 0.6 is 0 Å². The minimum absolute atomic E-state index is 0.0473. The lowest BCUT2D eigenvalue weighted by Crippen LogP contribution is -2.17. The van der Waals surface area contributed by atoms with Crippen LogP contribution in [-0.2, 0) is 23.9 Å². The number of ether oxygens (including phenoxy) is 2. The Labute approximate surface area is 156 Å². The fourth-order valence-corrected chi connectivity index (χ4v) is 1.35. The van der Waals surface area contributed by atoms with Crippen molar-refractivity contribution in [2.75, 3.05) is 33.9 Å². The molecule has 0 aromatic heterocycles. The minimum Gasteiger partial charge on any atom is -0.460 e. The zero-order chi connectivity index (χ0) is 20.7. The van der Waals surface area contributed by atoms with Crippen LogP contribution < -0.4 is 0 Å². The molecule has 0 radical (unpaired) electrons. The van der Waals surface area contributed by atoms with Gasteiger partial charge in [0.25, 0.3) is 0 Å². The van der Waals surface area contributed by atoms with E-state index in [-0.39, 0.29) is 13.2 Å². The topological polar surface area (TPSA) is 93.1 Å². The summed E-state index contributed by atoms with van der Waals surface area (Å²) < 4.78 is 9.10. The number of carbonyl (C=O) groups is 3. The minimum atomic E-state index is -0.661. The van der Waals surface area contributed by atoms with Gasteiger partial charge in [0.05, 0.1) is 6.61 Å². The third kappa shape index (κ3) is 14.1. The van der Waals surface area contributed by atoms with E-state index in [2.05, 4.69) is 29.2 Å². The van der Waals surface area contributed by atoms with Gasteiger partial charge in [-0.1, -0.05) is 26.7 Å². The van der Waals surface area contributed by atoms with Crippen molar-refractivity contribution in [3.63, 3.8) is 0 Å². The van der Waals surface area contributed by atoms with Gasteiger partial charge in [-0.15, -0.1) is 0 Å². The van der Waals surface area contributed by atoms with Gasteiger partial charge in [0.15, 0.2) is 0 Å². The highest BCUT2D eigenvalue weighted by molar-refractivity contribution is 6.01. The molecule has 0 unspecified atom stereocenters. The van der Waals surface area contributed by atoms with Crippen molar-refractivity contribution in [3.05, 3.63) is 36.5 Å². The number of aliphatic hydroxyl groups is 1. The van der Waals surface area contributed by atoms with E-state index in [9.17, 15) is 14.4 Å². The second kappa shape index (κ2) is 15.0. The molecular weight excluding hydrogens is 338 g/mol. The van der Waals surface area contributed by atoms with Crippen LogP contribution in [0.1, 0.15) is 33.1 Å². The van der Waals surface area contributed by atoms with Crippen LogP contribution in [0.3, 0.4) is 0 Å². The standard InChI is InChI=1S/C13H21NO3.C6H10O3/c1-6-10(2)12(15)17-13(16)11(3)8-7-9-14(4)5;1-5(2)6(8)9-4-3-7/h2-3,6-9H2,1,4-5H3;7H,1,3-4H2,2H3. The van der Waals surface area contributed by atoms with E-state index in [1.54, 1.807) is 13.8 Å². The quantitative estimate of drug-likeness (QED) is 0.358. The zero-order valence-corrected chi connectivity index (χ0v) is 16.3. The third-order valence-electron chi connectivity index (χ3n) is 2.95. The molecule has 0 aliphatic rings. The van der Waals surface area contributed by atoms with Crippen molar-refractivity contribution in [2.24, 2.45) is 0 Å². The molecule has 7 nitrogen and oxygen atoms in total. The second-order valence-corrected chi connectivity index (χ2v) is 5.78. The van der Waals surface area contributed by atoms with Crippen molar-refractivity contribution >= 4 is 17.9 Å². The van der Waals surface area contributed by atoms with Gasteiger partial charge in [0, 0.05) is 16.7 Å². The SMILES string of the molecule is C=C(C)C(=O)OCCO.C=C(CC)C(=O)OC(=O)C(=C)CCCN(C)C.